The van der Waals surface area contributed by atoms with Gasteiger partial charge in [0.1, 0.15) is 11.9 Å². The lowest BCUT2D eigenvalue weighted by Gasteiger charge is -2.38. The topological polar surface area (TPSA) is 113 Å². The number of urea groups is 1. The lowest BCUT2D eigenvalue weighted by atomic mass is 9.99. The third-order valence-electron chi connectivity index (χ3n) is 7.77. The standard InChI is InChI=1S/C32H35F3N4O6/c1-19-14-39(20(2)17-40)30(41)25-13-24(37-31(42)36-23-7-5-22(6-8-23)32(33,34)35)9-11-26(25)45-29(19)16-38(3)15-21-4-10-27-28(12-21)44-18-43-27/h4-13,19-20,29,40H,14-18H2,1-3H3,(H2,36,37,42)/t19-,20-,29+/m0/s1. The zero-order chi connectivity index (χ0) is 32.3. The average Bonchev–Trinajstić information content (AvgIpc) is 3.46. The van der Waals surface area contributed by atoms with Crippen molar-refractivity contribution < 1.29 is 42.1 Å². The van der Waals surface area contributed by atoms with E-state index < -0.39 is 23.8 Å². The van der Waals surface area contributed by atoms with Gasteiger partial charge in [0.25, 0.3) is 5.91 Å². The molecule has 3 amide bonds. The highest BCUT2D eigenvalue weighted by Crippen LogP contribution is 2.34. The summed E-state index contributed by atoms with van der Waals surface area (Å²) in [7, 11) is 1.97. The van der Waals surface area contributed by atoms with Crippen LogP contribution in [0.25, 0.3) is 0 Å². The predicted octanol–water partition coefficient (Wildman–Crippen LogP) is 5.43. The molecule has 5 rings (SSSR count). The molecule has 0 saturated carbocycles. The number of hydrogen-bond donors (Lipinski definition) is 3. The van der Waals surface area contributed by atoms with Crippen molar-refractivity contribution in [3.8, 4) is 17.2 Å². The van der Waals surface area contributed by atoms with E-state index in [1.807, 2.05) is 32.2 Å². The average molecular weight is 629 g/mol. The number of carbonyl (C=O) groups is 2. The highest BCUT2D eigenvalue weighted by Gasteiger charge is 2.34. The molecule has 0 spiro atoms. The molecule has 3 atom stereocenters. The summed E-state index contributed by atoms with van der Waals surface area (Å²) in [6.45, 7) is 5.18. The Morgan fingerprint density at radius 3 is 2.40 bits per heavy atom. The third kappa shape index (κ3) is 7.60. The van der Waals surface area contributed by atoms with Gasteiger partial charge in [0.05, 0.1) is 23.8 Å². The minimum Gasteiger partial charge on any atom is -0.488 e. The van der Waals surface area contributed by atoms with Gasteiger partial charge in [-0.2, -0.15) is 13.2 Å². The van der Waals surface area contributed by atoms with Gasteiger partial charge in [-0.25, -0.2) is 4.79 Å². The van der Waals surface area contributed by atoms with Crippen LogP contribution in [0, 0.1) is 5.92 Å². The van der Waals surface area contributed by atoms with E-state index in [0.717, 1.165) is 29.8 Å². The first kappa shape index (κ1) is 31.9. The molecular formula is C32H35F3N4O6. The summed E-state index contributed by atoms with van der Waals surface area (Å²) in [6.07, 6.45) is -4.82. The van der Waals surface area contributed by atoms with Gasteiger partial charge < -0.3 is 34.9 Å². The van der Waals surface area contributed by atoms with Gasteiger partial charge in [0.15, 0.2) is 11.5 Å². The molecule has 0 fully saturated rings. The van der Waals surface area contributed by atoms with Gasteiger partial charge >= 0.3 is 12.2 Å². The number of carbonyl (C=O) groups excluding carboxylic acids is 2. The first-order valence-electron chi connectivity index (χ1n) is 14.5. The van der Waals surface area contributed by atoms with Crippen LogP contribution >= 0.6 is 0 Å². The molecule has 0 aliphatic carbocycles. The highest BCUT2D eigenvalue weighted by molar-refractivity contribution is 6.02. The lowest BCUT2D eigenvalue weighted by Crippen LogP contribution is -2.49. The van der Waals surface area contributed by atoms with Crippen LogP contribution < -0.4 is 24.8 Å². The number of alkyl halides is 3. The molecule has 45 heavy (non-hydrogen) atoms. The molecule has 0 unspecified atom stereocenters. The van der Waals surface area contributed by atoms with Crippen LogP contribution in [0.15, 0.2) is 60.7 Å². The molecule has 240 valence electrons. The third-order valence-corrected chi connectivity index (χ3v) is 7.77. The second-order valence-corrected chi connectivity index (χ2v) is 11.4. The minimum absolute atomic E-state index is 0.0948. The summed E-state index contributed by atoms with van der Waals surface area (Å²) in [5.41, 5.74) is 0.851. The number of nitrogens with one attached hydrogen (secondary N) is 2. The van der Waals surface area contributed by atoms with Crippen LogP contribution in [0.1, 0.15) is 35.3 Å². The monoisotopic (exact) mass is 628 g/mol. The normalized spacial score (nSPS) is 18.5. The number of fused-ring (bicyclic) bond motifs is 2. The van der Waals surface area contributed by atoms with Gasteiger partial charge in [-0.3, -0.25) is 9.69 Å². The van der Waals surface area contributed by atoms with Crippen molar-refractivity contribution in [1.82, 2.24) is 9.80 Å². The maximum absolute atomic E-state index is 13.7. The number of amides is 3. The Morgan fingerprint density at radius 2 is 1.69 bits per heavy atom. The number of ether oxygens (including phenoxy) is 3. The summed E-state index contributed by atoms with van der Waals surface area (Å²) in [4.78, 5) is 30.1. The molecule has 3 aromatic rings. The van der Waals surface area contributed by atoms with Gasteiger partial charge in [-0.15, -0.1) is 0 Å². The molecule has 3 aromatic carbocycles. The van der Waals surface area contributed by atoms with Crippen molar-refractivity contribution in [2.24, 2.45) is 5.92 Å². The quantitative estimate of drug-likeness (QED) is 0.305. The summed E-state index contributed by atoms with van der Waals surface area (Å²) < 4.78 is 55.9. The molecule has 10 nitrogen and oxygen atoms in total. The Labute approximate surface area is 258 Å². The number of benzene rings is 3. The van der Waals surface area contributed by atoms with Crippen molar-refractivity contribution in [3.05, 3.63) is 77.4 Å². The number of rotatable bonds is 8. The Balaban J connectivity index is 1.32. The zero-order valence-corrected chi connectivity index (χ0v) is 25.1. The molecule has 0 aromatic heterocycles. The Bertz CT molecular complexity index is 1530. The summed E-state index contributed by atoms with van der Waals surface area (Å²) in [6, 6.07) is 13.4. The molecule has 0 radical (unpaired) electrons. The van der Waals surface area contributed by atoms with E-state index in [2.05, 4.69) is 15.5 Å². The van der Waals surface area contributed by atoms with Crippen LogP contribution in [-0.4, -0.2) is 72.5 Å². The first-order valence-corrected chi connectivity index (χ1v) is 14.5. The smallest absolute Gasteiger partial charge is 0.416 e. The summed E-state index contributed by atoms with van der Waals surface area (Å²) in [5, 5.41) is 15.0. The Morgan fingerprint density at radius 1 is 1.02 bits per heavy atom. The first-order chi connectivity index (χ1) is 21.4. The van der Waals surface area contributed by atoms with E-state index in [4.69, 9.17) is 14.2 Å². The van der Waals surface area contributed by atoms with E-state index in [0.29, 0.717) is 36.9 Å². The number of aliphatic hydroxyl groups is 1. The molecule has 2 heterocycles. The number of likely N-dealkylation sites (N-methyl/N-ethyl adjacent to an activating group) is 1. The molecule has 0 saturated heterocycles. The lowest BCUT2D eigenvalue weighted by molar-refractivity contribution is -0.137. The van der Waals surface area contributed by atoms with E-state index in [-0.39, 0.29) is 48.3 Å². The van der Waals surface area contributed by atoms with Crippen LogP contribution in [-0.2, 0) is 12.7 Å². The van der Waals surface area contributed by atoms with E-state index >= 15 is 0 Å². The maximum Gasteiger partial charge on any atom is 0.416 e. The molecule has 3 N–H and O–H groups in total. The summed E-state index contributed by atoms with van der Waals surface area (Å²) >= 11 is 0. The van der Waals surface area contributed by atoms with Crippen molar-refractivity contribution in [3.63, 3.8) is 0 Å². The molecule has 2 aliphatic rings. The Hall–Kier alpha value is -4.49. The SMILES string of the molecule is C[C@H]1CN([C@@H](C)CO)C(=O)c2cc(NC(=O)Nc3ccc(C(F)(F)F)cc3)ccc2O[C@@H]1CN(C)Cc1ccc2c(c1)OCO2. The maximum atomic E-state index is 13.7. The zero-order valence-electron chi connectivity index (χ0n) is 25.1. The molecular weight excluding hydrogens is 593 g/mol. The molecule has 0 bridgehead atoms. The van der Waals surface area contributed by atoms with Gasteiger partial charge in [0, 0.05) is 36.9 Å². The van der Waals surface area contributed by atoms with Crippen molar-refractivity contribution in [2.45, 2.75) is 38.7 Å². The Kier molecular flexibility index (Phi) is 9.40. The van der Waals surface area contributed by atoms with Crippen LogP contribution in [0.3, 0.4) is 0 Å². The van der Waals surface area contributed by atoms with Crippen LogP contribution in [0.5, 0.6) is 17.2 Å². The highest BCUT2D eigenvalue weighted by atomic mass is 19.4. The number of nitrogens with zero attached hydrogens (tertiary/aromatic N) is 2. The molecule has 2 aliphatic heterocycles. The van der Waals surface area contributed by atoms with Crippen molar-refractivity contribution in [1.29, 1.82) is 0 Å². The van der Waals surface area contributed by atoms with Gasteiger partial charge in [-0.05, 0) is 74.1 Å². The van der Waals surface area contributed by atoms with E-state index in [1.165, 1.54) is 6.07 Å². The van der Waals surface area contributed by atoms with Crippen molar-refractivity contribution in [2.75, 3.05) is 44.2 Å². The second kappa shape index (κ2) is 13.2. The van der Waals surface area contributed by atoms with E-state index in [1.54, 1.807) is 24.0 Å². The number of hydrogen-bond acceptors (Lipinski definition) is 7. The predicted molar refractivity (Wildman–Crippen MR) is 161 cm³/mol. The van der Waals surface area contributed by atoms with Crippen LogP contribution in [0.4, 0.5) is 29.3 Å². The largest absolute Gasteiger partial charge is 0.488 e. The summed E-state index contributed by atoms with van der Waals surface area (Å²) in [5.74, 6) is 1.29. The fourth-order valence-electron chi connectivity index (χ4n) is 5.28. The van der Waals surface area contributed by atoms with Gasteiger partial charge in [0.2, 0.25) is 6.79 Å². The minimum atomic E-state index is -4.49. The fraction of sp³-hybridized carbons (Fsp3) is 0.375. The number of halogens is 3. The number of anilines is 2. The number of aliphatic hydroxyl groups excluding tert-OH is 1. The van der Waals surface area contributed by atoms with Gasteiger partial charge in [-0.1, -0.05) is 13.0 Å². The van der Waals surface area contributed by atoms with E-state index in [9.17, 15) is 27.9 Å². The fourth-order valence-corrected chi connectivity index (χ4v) is 5.28. The van der Waals surface area contributed by atoms with Crippen molar-refractivity contribution >= 4 is 23.3 Å². The molecule has 13 heteroatoms. The second-order valence-electron chi connectivity index (χ2n) is 11.4. The van der Waals surface area contributed by atoms with Crippen LogP contribution in [0.2, 0.25) is 0 Å².